The van der Waals surface area contributed by atoms with Crippen molar-refractivity contribution >= 4 is 17.0 Å². The molecule has 0 saturated carbocycles. The Morgan fingerprint density at radius 1 is 1.36 bits per heavy atom. The standard InChI is InChI=1S/C8H9NOS/c10-11-6-5-7-3-1-2-4-8(7)9-11/h1-4,9H,5-6H2. The van der Waals surface area contributed by atoms with E-state index in [1.54, 1.807) is 0 Å². The van der Waals surface area contributed by atoms with Crippen molar-refractivity contribution in [2.75, 3.05) is 10.5 Å². The van der Waals surface area contributed by atoms with Gasteiger partial charge in [0.2, 0.25) is 0 Å². The van der Waals surface area contributed by atoms with Crippen LogP contribution in [0.25, 0.3) is 0 Å². The summed E-state index contributed by atoms with van der Waals surface area (Å²) in [6.45, 7) is 0. The highest BCUT2D eigenvalue weighted by Gasteiger charge is 2.16. The van der Waals surface area contributed by atoms with Crippen LogP contribution in [0.3, 0.4) is 0 Å². The van der Waals surface area contributed by atoms with Crippen LogP contribution in [-0.4, -0.2) is 10.3 Å². The molecule has 0 radical (unpaired) electrons. The van der Waals surface area contributed by atoms with Crippen LogP contribution in [0, 0.1) is 0 Å². The van der Waals surface area contributed by atoms with Crippen molar-refractivity contribution in [1.82, 2.24) is 0 Å². The molecule has 2 nitrogen and oxygen atoms in total. The Morgan fingerprint density at radius 3 is 3.09 bits per heavy atom. The molecule has 0 bridgehead atoms. The molecule has 1 N–H and O–H groups in total. The average Bonchev–Trinajstić information content (AvgIpc) is 2.04. The molecule has 0 aliphatic carbocycles. The minimum atomic E-state index is -0.852. The van der Waals surface area contributed by atoms with Gasteiger partial charge in [-0.1, -0.05) is 18.2 Å². The normalized spacial score (nSPS) is 22.1. The lowest BCUT2D eigenvalue weighted by atomic mass is 10.1. The molecule has 0 fully saturated rings. The van der Waals surface area contributed by atoms with Crippen molar-refractivity contribution in [3.8, 4) is 0 Å². The first-order valence-corrected chi connectivity index (χ1v) is 4.91. The predicted molar refractivity (Wildman–Crippen MR) is 46.8 cm³/mol. The largest absolute Gasteiger partial charge is 0.593 e. The van der Waals surface area contributed by atoms with E-state index in [-0.39, 0.29) is 0 Å². The van der Waals surface area contributed by atoms with E-state index in [2.05, 4.69) is 10.8 Å². The van der Waals surface area contributed by atoms with Crippen molar-refractivity contribution in [1.29, 1.82) is 0 Å². The molecule has 2 rings (SSSR count). The van der Waals surface area contributed by atoms with Crippen molar-refractivity contribution in [2.45, 2.75) is 6.42 Å². The Labute approximate surface area is 68.9 Å². The maximum Gasteiger partial charge on any atom is 0.135 e. The highest BCUT2D eigenvalue weighted by atomic mass is 32.2. The van der Waals surface area contributed by atoms with E-state index in [0.29, 0.717) is 0 Å². The quantitative estimate of drug-likeness (QED) is 0.591. The van der Waals surface area contributed by atoms with Gasteiger partial charge in [0, 0.05) is 6.42 Å². The first kappa shape index (κ1) is 7.00. The third-order valence-corrected chi connectivity index (χ3v) is 2.82. The van der Waals surface area contributed by atoms with E-state index in [1.165, 1.54) is 5.56 Å². The Hall–Kier alpha value is -0.670. The van der Waals surface area contributed by atoms with Gasteiger partial charge in [0.25, 0.3) is 0 Å². The summed E-state index contributed by atoms with van der Waals surface area (Å²) >= 11 is -0.852. The number of para-hydroxylation sites is 1. The van der Waals surface area contributed by atoms with Crippen LogP contribution in [0.4, 0.5) is 5.69 Å². The maximum absolute atomic E-state index is 11.0. The van der Waals surface area contributed by atoms with E-state index >= 15 is 0 Å². The first-order chi connectivity index (χ1) is 5.36. The Kier molecular flexibility index (Phi) is 1.75. The second kappa shape index (κ2) is 2.75. The molecule has 0 amide bonds. The van der Waals surface area contributed by atoms with Gasteiger partial charge in [-0.15, -0.1) is 0 Å². The first-order valence-electron chi connectivity index (χ1n) is 3.59. The number of aryl methyl sites for hydroxylation is 1. The van der Waals surface area contributed by atoms with E-state index in [1.807, 2.05) is 18.2 Å². The van der Waals surface area contributed by atoms with Gasteiger partial charge in [-0.25, -0.2) is 4.72 Å². The number of nitrogens with one attached hydrogen (secondary N) is 1. The molecule has 11 heavy (non-hydrogen) atoms. The van der Waals surface area contributed by atoms with Gasteiger partial charge < -0.3 is 4.55 Å². The van der Waals surface area contributed by atoms with Crippen LogP contribution >= 0.6 is 0 Å². The highest BCUT2D eigenvalue weighted by Crippen LogP contribution is 2.21. The lowest BCUT2D eigenvalue weighted by Crippen LogP contribution is -2.23. The number of anilines is 1. The second-order valence-electron chi connectivity index (χ2n) is 2.56. The van der Waals surface area contributed by atoms with Gasteiger partial charge in [0.15, 0.2) is 0 Å². The molecule has 1 aliphatic heterocycles. The van der Waals surface area contributed by atoms with E-state index in [0.717, 1.165) is 17.9 Å². The number of hydrogen-bond acceptors (Lipinski definition) is 2. The van der Waals surface area contributed by atoms with Gasteiger partial charge in [-0.05, 0) is 11.6 Å². The second-order valence-corrected chi connectivity index (χ2v) is 3.86. The van der Waals surface area contributed by atoms with Crippen LogP contribution in [0.2, 0.25) is 0 Å². The summed E-state index contributed by atoms with van der Waals surface area (Å²) in [6.07, 6.45) is 0.926. The Balaban J connectivity index is 2.34. The lowest BCUT2D eigenvalue weighted by molar-refractivity contribution is 0.598. The molecular formula is C8H9NOS. The van der Waals surface area contributed by atoms with Crippen molar-refractivity contribution in [3.63, 3.8) is 0 Å². The maximum atomic E-state index is 11.0. The zero-order valence-corrected chi connectivity index (χ0v) is 6.86. The third kappa shape index (κ3) is 1.34. The number of hydrogen-bond donors (Lipinski definition) is 1. The van der Waals surface area contributed by atoms with Crippen molar-refractivity contribution in [3.05, 3.63) is 29.8 Å². The molecule has 1 heterocycles. The summed E-state index contributed by atoms with van der Waals surface area (Å²) in [4.78, 5) is 0. The third-order valence-electron chi connectivity index (χ3n) is 1.80. The van der Waals surface area contributed by atoms with Gasteiger partial charge in [-0.2, -0.15) is 0 Å². The van der Waals surface area contributed by atoms with Crippen molar-refractivity contribution in [2.24, 2.45) is 0 Å². The number of benzene rings is 1. The van der Waals surface area contributed by atoms with Gasteiger partial charge in [-0.3, -0.25) is 0 Å². The molecule has 0 saturated heterocycles. The molecule has 0 aromatic heterocycles. The molecule has 1 aromatic rings. The molecular weight excluding hydrogens is 158 g/mol. The van der Waals surface area contributed by atoms with Crippen LogP contribution in [-0.2, 0) is 17.8 Å². The molecule has 1 unspecified atom stereocenters. The fourth-order valence-corrected chi connectivity index (χ4v) is 2.17. The van der Waals surface area contributed by atoms with Crippen LogP contribution in [0.15, 0.2) is 24.3 Å². The van der Waals surface area contributed by atoms with Gasteiger partial charge >= 0.3 is 0 Å². The molecule has 0 spiro atoms. The average molecular weight is 167 g/mol. The molecule has 1 atom stereocenters. The summed E-state index contributed by atoms with van der Waals surface area (Å²) in [7, 11) is 0. The SMILES string of the molecule is [O-][S+]1CCc2ccccc2N1. The molecule has 3 heteroatoms. The molecule has 1 aromatic carbocycles. The summed E-state index contributed by atoms with van der Waals surface area (Å²) in [5.74, 6) is 0.733. The van der Waals surface area contributed by atoms with E-state index in [4.69, 9.17) is 0 Å². The van der Waals surface area contributed by atoms with E-state index in [9.17, 15) is 4.55 Å². The minimum Gasteiger partial charge on any atom is -0.593 e. The van der Waals surface area contributed by atoms with Crippen LogP contribution in [0.5, 0.6) is 0 Å². The fourth-order valence-electron chi connectivity index (χ4n) is 1.21. The fraction of sp³-hybridized carbons (Fsp3) is 0.250. The summed E-state index contributed by atoms with van der Waals surface area (Å²) in [6, 6.07) is 7.99. The van der Waals surface area contributed by atoms with Crippen LogP contribution < -0.4 is 4.72 Å². The summed E-state index contributed by atoms with van der Waals surface area (Å²) in [5, 5.41) is 0. The minimum absolute atomic E-state index is 0.733. The van der Waals surface area contributed by atoms with Gasteiger partial charge in [0.05, 0.1) is 17.0 Å². The highest BCUT2D eigenvalue weighted by molar-refractivity contribution is 7.92. The molecule has 58 valence electrons. The zero-order chi connectivity index (χ0) is 7.68. The smallest absolute Gasteiger partial charge is 0.135 e. The predicted octanol–water partition coefficient (Wildman–Crippen LogP) is 1.32. The van der Waals surface area contributed by atoms with Crippen LogP contribution in [0.1, 0.15) is 5.56 Å². The lowest BCUT2D eigenvalue weighted by Gasteiger charge is -2.19. The summed E-state index contributed by atoms with van der Waals surface area (Å²) < 4.78 is 14.0. The zero-order valence-electron chi connectivity index (χ0n) is 6.04. The monoisotopic (exact) mass is 167 g/mol. The number of rotatable bonds is 0. The number of fused-ring (bicyclic) bond motifs is 1. The topological polar surface area (TPSA) is 35.1 Å². The van der Waals surface area contributed by atoms with Crippen molar-refractivity contribution < 1.29 is 4.55 Å². The summed E-state index contributed by atoms with van der Waals surface area (Å²) in [5.41, 5.74) is 2.30. The molecule has 1 aliphatic rings. The van der Waals surface area contributed by atoms with E-state index < -0.39 is 11.4 Å². The van der Waals surface area contributed by atoms with Gasteiger partial charge in [0.1, 0.15) is 5.75 Å². The Bertz CT molecular complexity index is 264. The Morgan fingerprint density at radius 2 is 2.18 bits per heavy atom.